The summed E-state index contributed by atoms with van der Waals surface area (Å²) in [6, 6.07) is 6.06. The number of rotatable bonds is 2. The van der Waals surface area contributed by atoms with Gasteiger partial charge < -0.3 is 14.4 Å². The fourth-order valence-corrected chi connectivity index (χ4v) is 2.26. The maximum absolute atomic E-state index is 13.1. The number of piperidine rings is 1. The molecule has 0 saturated carbocycles. The third-order valence-corrected chi connectivity index (χ3v) is 3.13. The van der Waals surface area contributed by atoms with E-state index in [0.29, 0.717) is 18.8 Å². The molecule has 1 aromatic rings. The number of hydrogen-bond acceptors (Lipinski definition) is 3. The SMILES string of the molecule is CC(C)(C)OC(=O)N1CCC[C@@H](Oc2cccc(F)c2)C1. The smallest absolute Gasteiger partial charge is 0.410 e. The molecule has 0 unspecified atom stereocenters. The molecule has 1 heterocycles. The highest BCUT2D eigenvalue weighted by Crippen LogP contribution is 2.20. The second-order valence-corrected chi connectivity index (χ2v) is 6.27. The lowest BCUT2D eigenvalue weighted by molar-refractivity contribution is 0.00772. The topological polar surface area (TPSA) is 38.8 Å². The van der Waals surface area contributed by atoms with Gasteiger partial charge in [-0.1, -0.05) is 6.07 Å². The molecular weight excluding hydrogens is 273 g/mol. The molecule has 5 heteroatoms. The number of nitrogens with zero attached hydrogens (tertiary/aromatic N) is 1. The summed E-state index contributed by atoms with van der Waals surface area (Å²) in [4.78, 5) is 13.7. The largest absolute Gasteiger partial charge is 0.488 e. The number of ether oxygens (including phenoxy) is 2. The van der Waals surface area contributed by atoms with Crippen LogP contribution in [0.15, 0.2) is 24.3 Å². The first-order valence-electron chi connectivity index (χ1n) is 7.24. The van der Waals surface area contributed by atoms with Crippen LogP contribution in [0.3, 0.4) is 0 Å². The molecule has 0 N–H and O–H groups in total. The second-order valence-electron chi connectivity index (χ2n) is 6.27. The van der Waals surface area contributed by atoms with E-state index in [2.05, 4.69) is 0 Å². The molecule has 1 aliphatic rings. The Balaban J connectivity index is 1.93. The maximum Gasteiger partial charge on any atom is 0.410 e. The van der Waals surface area contributed by atoms with Crippen LogP contribution in [0.25, 0.3) is 0 Å². The van der Waals surface area contributed by atoms with E-state index < -0.39 is 5.60 Å². The van der Waals surface area contributed by atoms with Crippen LogP contribution in [0.1, 0.15) is 33.6 Å². The molecule has 1 amide bonds. The first-order chi connectivity index (χ1) is 9.83. The third kappa shape index (κ3) is 4.92. The lowest BCUT2D eigenvalue weighted by atomic mass is 10.1. The number of carbonyl (C=O) groups is 1. The Kier molecular flexibility index (Phi) is 4.70. The van der Waals surface area contributed by atoms with E-state index >= 15 is 0 Å². The summed E-state index contributed by atoms with van der Waals surface area (Å²) in [5.74, 6) is 0.165. The molecule has 1 aliphatic heterocycles. The van der Waals surface area contributed by atoms with E-state index in [4.69, 9.17) is 9.47 Å². The minimum atomic E-state index is -0.507. The Morgan fingerprint density at radius 2 is 2.14 bits per heavy atom. The minimum Gasteiger partial charge on any atom is -0.488 e. The molecule has 1 aromatic carbocycles. The van der Waals surface area contributed by atoms with Crippen LogP contribution in [0.5, 0.6) is 5.75 Å². The average molecular weight is 295 g/mol. The van der Waals surface area contributed by atoms with E-state index in [0.717, 1.165) is 12.8 Å². The van der Waals surface area contributed by atoms with Gasteiger partial charge in [-0.15, -0.1) is 0 Å². The van der Waals surface area contributed by atoms with Crippen LogP contribution in [0, 0.1) is 5.82 Å². The maximum atomic E-state index is 13.1. The summed E-state index contributed by atoms with van der Waals surface area (Å²) in [7, 11) is 0. The van der Waals surface area contributed by atoms with Gasteiger partial charge in [0.1, 0.15) is 23.3 Å². The Bertz CT molecular complexity index is 499. The Morgan fingerprint density at radius 3 is 2.81 bits per heavy atom. The van der Waals surface area contributed by atoms with Crippen molar-refractivity contribution in [1.29, 1.82) is 0 Å². The average Bonchev–Trinajstić information content (AvgIpc) is 2.37. The second kappa shape index (κ2) is 6.33. The highest BCUT2D eigenvalue weighted by molar-refractivity contribution is 5.68. The zero-order chi connectivity index (χ0) is 15.5. The molecule has 1 saturated heterocycles. The fourth-order valence-electron chi connectivity index (χ4n) is 2.26. The van der Waals surface area contributed by atoms with Gasteiger partial charge in [0.2, 0.25) is 0 Å². The van der Waals surface area contributed by atoms with Crippen LogP contribution < -0.4 is 4.74 Å². The van der Waals surface area contributed by atoms with Crippen molar-refractivity contribution >= 4 is 6.09 Å². The van der Waals surface area contributed by atoms with E-state index in [1.54, 1.807) is 17.0 Å². The van der Waals surface area contributed by atoms with Crippen LogP contribution >= 0.6 is 0 Å². The van der Waals surface area contributed by atoms with Crippen molar-refractivity contribution in [3.63, 3.8) is 0 Å². The van der Waals surface area contributed by atoms with E-state index in [1.807, 2.05) is 20.8 Å². The number of carbonyl (C=O) groups excluding carboxylic acids is 1. The number of amides is 1. The van der Waals surface area contributed by atoms with Crippen LogP contribution in [0.4, 0.5) is 9.18 Å². The van der Waals surface area contributed by atoms with Crippen molar-refractivity contribution in [3.8, 4) is 5.75 Å². The van der Waals surface area contributed by atoms with Gasteiger partial charge in [0, 0.05) is 12.6 Å². The molecule has 2 rings (SSSR count). The van der Waals surface area contributed by atoms with E-state index in [1.165, 1.54) is 12.1 Å². The molecule has 0 aliphatic carbocycles. The monoisotopic (exact) mass is 295 g/mol. The summed E-state index contributed by atoms with van der Waals surface area (Å²) < 4.78 is 24.3. The van der Waals surface area contributed by atoms with Crippen molar-refractivity contribution in [1.82, 2.24) is 4.90 Å². The quantitative estimate of drug-likeness (QED) is 0.836. The summed E-state index contributed by atoms with van der Waals surface area (Å²) in [6.07, 6.45) is 1.23. The van der Waals surface area contributed by atoms with Crippen molar-refractivity contribution in [2.24, 2.45) is 0 Å². The predicted octanol–water partition coefficient (Wildman–Crippen LogP) is 3.60. The highest BCUT2D eigenvalue weighted by atomic mass is 19.1. The summed E-state index contributed by atoms with van der Waals surface area (Å²) in [6.45, 7) is 6.66. The Labute approximate surface area is 124 Å². The molecular formula is C16H22FNO3. The number of hydrogen-bond donors (Lipinski definition) is 0. The van der Waals surface area contributed by atoms with Gasteiger partial charge in [-0.2, -0.15) is 0 Å². The zero-order valence-corrected chi connectivity index (χ0v) is 12.8. The standard InChI is InChI=1S/C16H22FNO3/c1-16(2,3)21-15(19)18-9-5-8-14(11-18)20-13-7-4-6-12(17)10-13/h4,6-7,10,14H,5,8-9,11H2,1-3H3/t14-/m1/s1. The Morgan fingerprint density at radius 1 is 1.38 bits per heavy atom. The predicted molar refractivity (Wildman–Crippen MR) is 77.9 cm³/mol. The molecule has 4 nitrogen and oxygen atoms in total. The molecule has 0 aromatic heterocycles. The lowest BCUT2D eigenvalue weighted by Crippen LogP contribution is -2.46. The third-order valence-electron chi connectivity index (χ3n) is 3.13. The minimum absolute atomic E-state index is 0.131. The van der Waals surface area contributed by atoms with Crippen LogP contribution in [-0.2, 0) is 4.74 Å². The van der Waals surface area contributed by atoms with Crippen molar-refractivity contribution in [3.05, 3.63) is 30.1 Å². The van der Waals surface area contributed by atoms with Crippen LogP contribution in [-0.4, -0.2) is 35.8 Å². The van der Waals surface area contributed by atoms with Gasteiger partial charge in [0.05, 0.1) is 6.54 Å². The lowest BCUT2D eigenvalue weighted by Gasteiger charge is -2.34. The molecule has 0 radical (unpaired) electrons. The van der Waals surface area contributed by atoms with Gasteiger partial charge in [0.25, 0.3) is 0 Å². The number of benzene rings is 1. The Hall–Kier alpha value is -1.78. The zero-order valence-electron chi connectivity index (χ0n) is 12.8. The van der Waals surface area contributed by atoms with Gasteiger partial charge in [-0.25, -0.2) is 9.18 Å². The van der Waals surface area contributed by atoms with Gasteiger partial charge in [-0.05, 0) is 45.7 Å². The fraction of sp³-hybridized carbons (Fsp3) is 0.562. The molecule has 0 bridgehead atoms. The van der Waals surface area contributed by atoms with Crippen molar-refractivity contribution < 1.29 is 18.7 Å². The van der Waals surface area contributed by atoms with Crippen LogP contribution in [0.2, 0.25) is 0 Å². The van der Waals surface area contributed by atoms with Crippen molar-refractivity contribution in [2.45, 2.75) is 45.3 Å². The van der Waals surface area contributed by atoms with E-state index in [-0.39, 0.29) is 18.0 Å². The summed E-state index contributed by atoms with van der Waals surface area (Å²) >= 11 is 0. The van der Waals surface area contributed by atoms with Crippen molar-refractivity contribution in [2.75, 3.05) is 13.1 Å². The van der Waals surface area contributed by atoms with Gasteiger partial charge in [0.15, 0.2) is 0 Å². The highest BCUT2D eigenvalue weighted by Gasteiger charge is 2.28. The summed E-state index contributed by atoms with van der Waals surface area (Å²) in [5.41, 5.74) is -0.507. The normalized spacial score (nSPS) is 19.2. The summed E-state index contributed by atoms with van der Waals surface area (Å²) in [5, 5.41) is 0. The molecule has 1 atom stereocenters. The molecule has 21 heavy (non-hydrogen) atoms. The number of halogens is 1. The first-order valence-corrected chi connectivity index (χ1v) is 7.24. The molecule has 0 spiro atoms. The molecule has 1 fully saturated rings. The van der Waals surface area contributed by atoms with Gasteiger partial charge >= 0.3 is 6.09 Å². The number of likely N-dealkylation sites (tertiary alicyclic amines) is 1. The molecule has 116 valence electrons. The first kappa shape index (κ1) is 15.6. The van der Waals surface area contributed by atoms with E-state index in [9.17, 15) is 9.18 Å². The van der Waals surface area contributed by atoms with Gasteiger partial charge in [-0.3, -0.25) is 0 Å².